The van der Waals surface area contributed by atoms with Gasteiger partial charge >= 0.3 is 18.0 Å². The highest BCUT2D eigenvalue weighted by atomic mass is 19.1. The Hall–Kier alpha value is -11.0. The molecular weight excluding hydrogens is 1540 g/mol. The fourth-order valence-electron chi connectivity index (χ4n) is 23.2. The van der Waals surface area contributed by atoms with Crippen LogP contribution in [0.3, 0.4) is 0 Å². The highest BCUT2D eigenvalue weighted by Crippen LogP contribution is 2.57. The molecule has 3 aromatic carbocycles. The summed E-state index contributed by atoms with van der Waals surface area (Å²) in [7, 11) is 6.39. The van der Waals surface area contributed by atoms with E-state index in [1.165, 1.54) is 40.5 Å². The first kappa shape index (κ1) is 82.0. The molecule has 6 fully saturated rings. The molecule has 6 saturated heterocycles. The third kappa shape index (κ3) is 15.2. The number of hydrogen-bond acceptors (Lipinski definition) is 24. The Kier molecular flexibility index (Phi) is 22.9. The SMILES string of the molecule is C=CC(=O)N1CCN(c2nc(OC[C@@H]3CC(C4CCC5(CCc6c(nc(OC[C@@H]7CCCN7C)nc6N6CCN(C(=O)C=C)[C@@H](CC#N)C6)O5)c5cccc(F)c54)CN3C)nc3c2CCC2(CCC(C4C[C@@H](COc5nc6c(c(N7CCN(C(=O)C=C)[C@@H](CC#N)C7)n5)CCC5(CCCc7cccc(C)c75)O6)N(C)C4)c4ccccc42)O3)C[C@@H]1CC#N. The molecule has 18 rings (SSSR count). The van der Waals surface area contributed by atoms with Crippen molar-refractivity contribution in [2.24, 2.45) is 11.8 Å². The molecular formula is C94H111FN18O9. The predicted molar refractivity (Wildman–Crippen MR) is 454 cm³/mol. The van der Waals surface area contributed by atoms with Crippen molar-refractivity contribution in [3.8, 4) is 53.9 Å². The maximum absolute atomic E-state index is 17.2. The second-order valence-corrected chi connectivity index (χ2v) is 36.2. The van der Waals surface area contributed by atoms with Crippen LogP contribution < -0.4 is 43.1 Å². The average Bonchev–Trinajstić information content (AvgIpc) is 1.04. The minimum atomic E-state index is -0.889. The van der Waals surface area contributed by atoms with E-state index < -0.39 is 22.8 Å². The summed E-state index contributed by atoms with van der Waals surface area (Å²) in [6, 6.07) is 27.3. The Morgan fingerprint density at radius 2 is 0.934 bits per heavy atom. The maximum Gasteiger partial charge on any atom is 0.321 e. The number of aryl methyl sites for hydroxylation is 2. The van der Waals surface area contributed by atoms with Crippen LogP contribution in [0.5, 0.6) is 35.7 Å². The van der Waals surface area contributed by atoms with E-state index in [0.717, 1.165) is 111 Å². The number of piperazine rings is 3. The number of carbonyl (C=O) groups is 3. The fraction of sp³-hybridized carbons (Fsp3) is 0.553. The van der Waals surface area contributed by atoms with Gasteiger partial charge in [-0.3, -0.25) is 24.2 Å². The number of benzene rings is 3. The van der Waals surface area contributed by atoms with E-state index in [-0.39, 0.29) is 121 Å². The second kappa shape index (κ2) is 34.0. The smallest absolute Gasteiger partial charge is 0.321 e. The molecule has 7 unspecified atom stereocenters. The van der Waals surface area contributed by atoms with Gasteiger partial charge in [-0.1, -0.05) is 74.3 Å². The molecule has 0 N–H and O–H groups in total. The van der Waals surface area contributed by atoms with Gasteiger partial charge in [0.2, 0.25) is 35.4 Å². The summed E-state index contributed by atoms with van der Waals surface area (Å²) in [5.41, 5.74) is 8.18. The van der Waals surface area contributed by atoms with Gasteiger partial charge in [-0.2, -0.15) is 45.7 Å². The van der Waals surface area contributed by atoms with Crippen molar-refractivity contribution in [3.63, 3.8) is 0 Å². The van der Waals surface area contributed by atoms with E-state index in [2.05, 4.69) is 138 Å². The van der Waals surface area contributed by atoms with Crippen LogP contribution in [-0.2, 0) is 56.9 Å². The van der Waals surface area contributed by atoms with E-state index >= 15 is 4.39 Å². The first-order valence-corrected chi connectivity index (χ1v) is 44.2. The highest BCUT2D eigenvalue weighted by molar-refractivity contribution is 5.88. The number of anilines is 3. The predicted octanol–water partition coefficient (Wildman–Crippen LogP) is 10.9. The molecule has 3 spiro atoms. The van der Waals surface area contributed by atoms with Crippen LogP contribution in [0.1, 0.15) is 170 Å². The maximum atomic E-state index is 17.2. The zero-order chi connectivity index (χ0) is 84.3. The molecule has 3 aliphatic carbocycles. The van der Waals surface area contributed by atoms with E-state index in [1.54, 1.807) is 26.8 Å². The third-order valence-corrected chi connectivity index (χ3v) is 29.5. The normalized spacial score (nSPS) is 28.5. The van der Waals surface area contributed by atoms with Crippen LogP contribution in [-0.4, -0.2) is 233 Å². The molecule has 122 heavy (non-hydrogen) atoms. The van der Waals surface area contributed by atoms with E-state index in [4.69, 9.17) is 58.3 Å². The lowest BCUT2D eigenvalue weighted by molar-refractivity contribution is -0.129. The second-order valence-electron chi connectivity index (χ2n) is 36.2. The summed E-state index contributed by atoms with van der Waals surface area (Å²) in [5.74, 6) is 3.00. The molecule has 0 saturated carbocycles. The Balaban J connectivity index is 0.586. The number of likely N-dealkylation sites (tertiary alicyclic amines) is 3. The van der Waals surface area contributed by atoms with Gasteiger partial charge in [0, 0.05) is 101 Å². The minimum absolute atomic E-state index is 0.0431. The van der Waals surface area contributed by atoms with Crippen LogP contribution in [0.25, 0.3) is 0 Å². The van der Waals surface area contributed by atoms with Crippen LogP contribution in [0, 0.1) is 58.6 Å². The Morgan fingerprint density at radius 1 is 0.484 bits per heavy atom. The summed E-state index contributed by atoms with van der Waals surface area (Å²) >= 11 is 0. The van der Waals surface area contributed by atoms with E-state index in [0.29, 0.717) is 158 Å². The first-order chi connectivity index (χ1) is 59.3. The van der Waals surface area contributed by atoms with Crippen molar-refractivity contribution in [3.05, 3.63) is 160 Å². The van der Waals surface area contributed by atoms with Crippen LogP contribution in [0.2, 0.25) is 0 Å². The Bertz CT molecular complexity index is 5210. The van der Waals surface area contributed by atoms with E-state index in [9.17, 15) is 30.2 Å². The zero-order valence-corrected chi connectivity index (χ0v) is 70.8. The Morgan fingerprint density at radius 3 is 1.43 bits per heavy atom. The van der Waals surface area contributed by atoms with Crippen molar-refractivity contribution in [2.45, 2.75) is 200 Å². The molecule has 28 heteroatoms. The summed E-state index contributed by atoms with van der Waals surface area (Å²) in [6.07, 6.45) is 17.7. The molecule has 3 aromatic heterocycles. The zero-order valence-electron chi connectivity index (χ0n) is 70.8. The van der Waals surface area contributed by atoms with Gasteiger partial charge in [-0.15, -0.1) is 0 Å². The number of amides is 3. The lowest BCUT2D eigenvalue weighted by atomic mass is 9.67. The van der Waals surface area contributed by atoms with Gasteiger partial charge in [0.25, 0.3) is 0 Å². The lowest BCUT2D eigenvalue weighted by Crippen LogP contribution is -2.55. The quantitative estimate of drug-likeness (QED) is 0.0642. The number of nitrogens with zero attached hydrogens (tertiary/aromatic N) is 18. The fourth-order valence-corrected chi connectivity index (χ4v) is 23.2. The molecule has 12 heterocycles. The van der Waals surface area contributed by atoms with Gasteiger partial charge in [-0.05, 0) is 220 Å². The topological polar surface area (TPSA) is 284 Å². The summed E-state index contributed by atoms with van der Waals surface area (Å²) < 4.78 is 59.7. The molecule has 6 aromatic rings. The number of halogens is 1. The third-order valence-electron chi connectivity index (χ3n) is 29.5. The van der Waals surface area contributed by atoms with Gasteiger partial charge in [0.15, 0.2) is 0 Å². The number of ether oxygens (including phenoxy) is 6. The van der Waals surface area contributed by atoms with Crippen molar-refractivity contribution in [1.82, 2.24) is 59.3 Å². The first-order valence-electron chi connectivity index (χ1n) is 44.2. The monoisotopic (exact) mass is 1650 g/mol. The summed E-state index contributed by atoms with van der Waals surface area (Å²) in [4.78, 5) is 89.3. The number of carbonyl (C=O) groups excluding carboxylic acids is 3. The lowest BCUT2D eigenvalue weighted by Gasteiger charge is -2.46. The minimum Gasteiger partial charge on any atom is -0.466 e. The molecule has 3 amide bonds. The standard InChI is InChI=1S/C94H111FN18O9/c1-8-78(114)111-46-43-108(53-63(111)30-39-96)83-72-27-36-92(34-25-69(71-21-11-12-22-75(71)92)61-49-67(106(6)51-61)57-118-91-101-85(110-45-48-113(80(116)10-3)65(55-110)32-41-98)74-29-38-94(122-88(74)104-91)33-15-19-60-18-13-17-59(4)82(60)94)120-86(72)102-90(100-83)119-58-68-50-62(52-107(68)7)70-26-35-93(76-23-14-24-77(95)81(70)76)37-28-73-84(109-44-47-112(79(115)9-2)64(54-109)31-40-97)99-89(103-87(73)121-93)117-56-66-20-16-42-105(66)5/h8-14,17-18,21-24,61-70H,1-3,15-16,19-20,25-38,42-58H2,4-7H3/t61?,62?,63-,64-,65-,66-,67-,68-,69?,70?,92?,93?,94?/m0/s1. The summed E-state index contributed by atoms with van der Waals surface area (Å²) in [6.45, 7) is 20.7. The van der Waals surface area contributed by atoms with Crippen molar-refractivity contribution in [1.29, 1.82) is 15.8 Å². The average molecular weight is 1660 g/mol. The van der Waals surface area contributed by atoms with E-state index in [1.807, 2.05) is 6.07 Å². The molecule has 12 aliphatic rings. The van der Waals surface area contributed by atoms with Gasteiger partial charge in [0.1, 0.15) is 59.9 Å². The molecule has 13 atom stereocenters. The van der Waals surface area contributed by atoms with Gasteiger partial charge < -0.3 is 62.7 Å². The number of fused-ring (bicyclic) bond motifs is 9. The molecule has 0 radical (unpaired) electrons. The number of likely N-dealkylation sites (N-methyl/N-ethyl adjacent to an activating group) is 3. The number of nitriles is 3. The molecule has 0 bridgehead atoms. The van der Waals surface area contributed by atoms with Gasteiger partial charge in [-0.25, -0.2) is 4.39 Å². The largest absolute Gasteiger partial charge is 0.466 e. The van der Waals surface area contributed by atoms with Gasteiger partial charge in [0.05, 0.1) is 72.3 Å². The Labute approximate surface area is 714 Å². The number of rotatable bonds is 20. The highest BCUT2D eigenvalue weighted by Gasteiger charge is 2.53. The van der Waals surface area contributed by atoms with Crippen LogP contribution >= 0.6 is 0 Å². The molecule has 9 aliphatic heterocycles. The van der Waals surface area contributed by atoms with Crippen molar-refractivity contribution >= 4 is 35.2 Å². The summed E-state index contributed by atoms with van der Waals surface area (Å²) in [5, 5.41) is 30.1. The molecule has 638 valence electrons. The molecule has 27 nitrogen and oxygen atoms in total. The van der Waals surface area contributed by atoms with Crippen molar-refractivity contribution < 1.29 is 47.2 Å². The van der Waals surface area contributed by atoms with Crippen LogP contribution in [0.15, 0.2) is 98.6 Å². The van der Waals surface area contributed by atoms with Crippen LogP contribution in [0.4, 0.5) is 21.8 Å². The number of aromatic nitrogens is 6. The number of hydrogen-bond donors (Lipinski definition) is 0. The van der Waals surface area contributed by atoms with Crippen molar-refractivity contribution in [2.75, 3.05) is 134 Å².